The van der Waals surface area contributed by atoms with Crippen molar-refractivity contribution in [2.75, 3.05) is 0 Å². The lowest BCUT2D eigenvalue weighted by molar-refractivity contribution is -0.137. The first-order chi connectivity index (χ1) is 13.9. The molecule has 0 unspecified atom stereocenters. The third kappa shape index (κ3) is 4.29. The summed E-state index contributed by atoms with van der Waals surface area (Å²) in [4.78, 5) is 4.57. The fraction of sp³-hybridized carbons (Fsp3) is 0.292. The summed E-state index contributed by atoms with van der Waals surface area (Å²) in [5.41, 5.74) is 5.12. The maximum Gasteiger partial charge on any atom is 0.416 e. The van der Waals surface area contributed by atoms with Crippen molar-refractivity contribution >= 4 is 0 Å². The smallest absolute Gasteiger partial charge is 0.416 e. The zero-order valence-electron chi connectivity index (χ0n) is 16.2. The fourth-order valence-electron chi connectivity index (χ4n) is 3.77. The van der Waals surface area contributed by atoms with Crippen molar-refractivity contribution in [3.8, 4) is 17.0 Å². The van der Waals surface area contributed by atoms with Gasteiger partial charge in [-0.2, -0.15) is 13.2 Å². The second kappa shape index (κ2) is 7.90. The number of hydrogen-bond acceptors (Lipinski definition) is 2. The van der Waals surface area contributed by atoms with E-state index < -0.39 is 11.7 Å². The summed E-state index contributed by atoms with van der Waals surface area (Å²) in [6, 6.07) is 15.1. The molecule has 0 spiro atoms. The normalized spacial score (nSPS) is 13.8. The van der Waals surface area contributed by atoms with Gasteiger partial charge in [0.25, 0.3) is 0 Å². The van der Waals surface area contributed by atoms with Crippen molar-refractivity contribution < 1.29 is 17.9 Å². The van der Waals surface area contributed by atoms with Gasteiger partial charge in [-0.25, -0.2) is 0 Å². The zero-order chi connectivity index (χ0) is 20.4. The number of halogens is 3. The van der Waals surface area contributed by atoms with Crippen molar-refractivity contribution in [1.29, 1.82) is 0 Å². The quantitative estimate of drug-likeness (QED) is 0.499. The molecular weight excluding hydrogens is 375 g/mol. The second-order valence-electron chi connectivity index (χ2n) is 7.41. The molecule has 3 aromatic rings. The van der Waals surface area contributed by atoms with E-state index >= 15 is 0 Å². The summed E-state index contributed by atoms with van der Waals surface area (Å²) in [6.45, 7) is 2.31. The monoisotopic (exact) mass is 397 g/mol. The number of pyridine rings is 1. The average molecular weight is 397 g/mol. The fourth-order valence-corrected chi connectivity index (χ4v) is 3.77. The van der Waals surface area contributed by atoms with Crippen LogP contribution in [0.15, 0.2) is 54.6 Å². The minimum Gasteiger partial charge on any atom is -0.489 e. The Bertz CT molecular complexity index is 1010. The highest BCUT2D eigenvalue weighted by Crippen LogP contribution is 2.32. The van der Waals surface area contributed by atoms with Crippen LogP contribution in [-0.4, -0.2) is 4.98 Å². The lowest BCUT2D eigenvalue weighted by Gasteiger charge is -2.19. The van der Waals surface area contributed by atoms with Crippen LogP contribution in [0, 0.1) is 6.92 Å². The molecule has 0 atom stereocenters. The number of benzene rings is 2. The number of rotatable bonds is 4. The highest BCUT2D eigenvalue weighted by Gasteiger charge is 2.30. The number of alkyl halides is 3. The molecule has 0 bridgehead atoms. The molecule has 0 amide bonds. The lowest BCUT2D eigenvalue weighted by Crippen LogP contribution is -2.07. The van der Waals surface area contributed by atoms with Crippen LogP contribution in [0.25, 0.3) is 11.3 Å². The molecule has 1 heterocycles. The molecule has 1 aliphatic carbocycles. The predicted molar refractivity (Wildman–Crippen MR) is 107 cm³/mol. The van der Waals surface area contributed by atoms with E-state index in [1.807, 2.05) is 31.2 Å². The van der Waals surface area contributed by atoms with Crippen molar-refractivity contribution in [2.24, 2.45) is 0 Å². The van der Waals surface area contributed by atoms with Gasteiger partial charge in [0, 0.05) is 16.8 Å². The Hall–Kier alpha value is -2.82. The number of nitrogens with zero attached hydrogens (tertiary/aromatic N) is 1. The van der Waals surface area contributed by atoms with E-state index in [9.17, 15) is 13.2 Å². The van der Waals surface area contributed by atoms with Gasteiger partial charge in [-0.05, 0) is 68.0 Å². The van der Waals surface area contributed by atoms with Crippen molar-refractivity contribution in [3.63, 3.8) is 0 Å². The van der Waals surface area contributed by atoms with E-state index in [0.717, 1.165) is 42.0 Å². The Balaban J connectivity index is 1.50. The topological polar surface area (TPSA) is 22.1 Å². The van der Waals surface area contributed by atoms with Gasteiger partial charge in [-0.3, -0.25) is 4.98 Å². The summed E-state index contributed by atoms with van der Waals surface area (Å²) in [5.74, 6) is 0.938. The number of ether oxygens (including phenoxy) is 1. The molecule has 2 aromatic carbocycles. The van der Waals surface area contributed by atoms with E-state index in [1.165, 1.54) is 36.1 Å². The van der Waals surface area contributed by atoms with Crippen LogP contribution in [0.5, 0.6) is 5.75 Å². The summed E-state index contributed by atoms with van der Waals surface area (Å²) in [7, 11) is 0. The summed E-state index contributed by atoms with van der Waals surface area (Å²) in [6.07, 6.45) is 0.241. The summed E-state index contributed by atoms with van der Waals surface area (Å²) < 4.78 is 44.3. The van der Waals surface area contributed by atoms with E-state index in [0.29, 0.717) is 17.9 Å². The number of aryl methyl sites for hydroxylation is 2. The molecule has 29 heavy (non-hydrogen) atoms. The summed E-state index contributed by atoms with van der Waals surface area (Å²) in [5, 5.41) is 0. The highest BCUT2D eigenvalue weighted by atomic mass is 19.4. The number of aromatic nitrogens is 1. The standard InChI is InChI=1S/C24H22F3NO/c1-16-19(15-29-23-8-4-6-17-5-2-3-7-21(17)23)11-14-22(28-16)18-9-12-20(13-10-18)24(25,26)27/h4,6,8-14H,2-3,5,7,15H2,1H3. The maximum atomic E-state index is 12.7. The summed E-state index contributed by atoms with van der Waals surface area (Å²) >= 11 is 0. The van der Waals surface area contributed by atoms with E-state index in [4.69, 9.17) is 4.74 Å². The molecule has 1 aromatic heterocycles. The Labute approximate surface area is 168 Å². The van der Waals surface area contributed by atoms with E-state index in [-0.39, 0.29) is 0 Å². The van der Waals surface area contributed by atoms with Crippen LogP contribution in [-0.2, 0) is 25.6 Å². The van der Waals surface area contributed by atoms with Crippen molar-refractivity contribution in [1.82, 2.24) is 4.98 Å². The highest BCUT2D eigenvalue weighted by molar-refractivity contribution is 5.60. The predicted octanol–water partition coefficient (Wildman–Crippen LogP) is 6.53. The van der Waals surface area contributed by atoms with Gasteiger partial charge in [-0.15, -0.1) is 0 Å². The first-order valence-electron chi connectivity index (χ1n) is 9.79. The molecule has 0 radical (unpaired) electrons. The number of hydrogen-bond donors (Lipinski definition) is 0. The molecule has 0 fully saturated rings. The van der Waals surface area contributed by atoms with Gasteiger partial charge >= 0.3 is 6.18 Å². The maximum absolute atomic E-state index is 12.7. The lowest BCUT2D eigenvalue weighted by atomic mass is 9.91. The van der Waals surface area contributed by atoms with Crippen LogP contribution in [0.4, 0.5) is 13.2 Å². The Morgan fingerprint density at radius 3 is 2.41 bits per heavy atom. The average Bonchev–Trinajstić information content (AvgIpc) is 2.72. The van der Waals surface area contributed by atoms with Crippen LogP contribution < -0.4 is 4.74 Å². The minimum absolute atomic E-state index is 0.419. The van der Waals surface area contributed by atoms with Gasteiger partial charge < -0.3 is 4.74 Å². The van der Waals surface area contributed by atoms with Crippen molar-refractivity contribution in [2.45, 2.75) is 45.4 Å². The minimum atomic E-state index is -4.33. The van der Waals surface area contributed by atoms with Crippen LogP contribution in [0.2, 0.25) is 0 Å². The van der Waals surface area contributed by atoms with Crippen LogP contribution in [0.1, 0.15) is 40.8 Å². The van der Waals surface area contributed by atoms with Gasteiger partial charge in [0.05, 0.1) is 11.3 Å². The molecule has 0 aliphatic heterocycles. The molecule has 0 saturated heterocycles. The SMILES string of the molecule is Cc1nc(-c2ccc(C(F)(F)F)cc2)ccc1COc1cccc2c1CCCC2. The van der Waals surface area contributed by atoms with Gasteiger partial charge in [0.1, 0.15) is 12.4 Å². The Kier molecular flexibility index (Phi) is 5.31. The van der Waals surface area contributed by atoms with Crippen LogP contribution >= 0.6 is 0 Å². The largest absolute Gasteiger partial charge is 0.489 e. The Morgan fingerprint density at radius 1 is 0.931 bits per heavy atom. The van der Waals surface area contributed by atoms with Gasteiger partial charge in [-0.1, -0.05) is 30.3 Å². The van der Waals surface area contributed by atoms with Gasteiger partial charge in [0.2, 0.25) is 0 Å². The Morgan fingerprint density at radius 2 is 1.69 bits per heavy atom. The second-order valence-corrected chi connectivity index (χ2v) is 7.41. The molecule has 0 saturated carbocycles. The zero-order valence-corrected chi connectivity index (χ0v) is 16.2. The molecule has 2 nitrogen and oxygen atoms in total. The molecule has 0 N–H and O–H groups in total. The third-order valence-corrected chi connectivity index (χ3v) is 5.44. The molecular formula is C24H22F3NO. The first-order valence-corrected chi connectivity index (χ1v) is 9.79. The van der Waals surface area contributed by atoms with E-state index in [1.54, 1.807) is 0 Å². The third-order valence-electron chi connectivity index (χ3n) is 5.44. The van der Waals surface area contributed by atoms with Crippen molar-refractivity contribution in [3.05, 3.63) is 82.5 Å². The molecule has 150 valence electrons. The molecule has 4 rings (SSSR count). The van der Waals surface area contributed by atoms with Gasteiger partial charge in [0.15, 0.2) is 0 Å². The molecule has 5 heteroatoms. The number of fused-ring (bicyclic) bond motifs is 1. The van der Waals surface area contributed by atoms with Crippen LogP contribution in [0.3, 0.4) is 0 Å². The van der Waals surface area contributed by atoms with E-state index in [2.05, 4.69) is 11.1 Å². The first kappa shape index (κ1) is 19.5. The molecule has 1 aliphatic rings.